The third-order valence-corrected chi connectivity index (χ3v) is 4.87. The quantitative estimate of drug-likeness (QED) is 0.679. The van der Waals surface area contributed by atoms with Crippen LogP contribution in [0.3, 0.4) is 0 Å². The Kier molecular flexibility index (Phi) is 6.57. The summed E-state index contributed by atoms with van der Waals surface area (Å²) in [5, 5.41) is 4.29. The zero-order valence-electron chi connectivity index (χ0n) is 16.3. The SMILES string of the molecule is CCOc1c(Cl)cc(/C=C/C(=O)N2CCCC(c3nc(C)no3)C2)cc1OC. The molecule has 1 aliphatic heterocycles. The highest BCUT2D eigenvalue weighted by Gasteiger charge is 2.27. The van der Waals surface area contributed by atoms with Gasteiger partial charge in [0.15, 0.2) is 17.3 Å². The summed E-state index contributed by atoms with van der Waals surface area (Å²) in [7, 11) is 1.56. The summed E-state index contributed by atoms with van der Waals surface area (Å²) in [4.78, 5) is 18.7. The van der Waals surface area contributed by atoms with Crippen LogP contribution >= 0.6 is 11.6 Å². The molecular weight excluding hydrogens is 382 g/mol. The van der Waals surface area contributed by atoms with Gasteiger partial charge in [0.25, 0.3) is 0 Å². The maximum atomic E-state index is 12.6. The first kappa shape index (κ1) is 20.2. The van der Waals surface area contributed by atoms with Crippen molar-refractivity contribution < 1.29 is 18.8 Å². The lowest BCUT2D eigenvalue weighted by atomic mass is 9.98. The summed E-state index contributed by atoms with van der Waals surface area (Å²) >= 11 is 6.29. The normalized spacial score (nSPS) is 17.1. The summed E-state index contributed by atoms with van der Waals surface area (Å²) < 4.78 is 16.1. The highest BCUT2D eigenvalue weighted by molar-refractivity contribution is 6.32. The molecule has 0 aliphatic carbocycles. The molecule has 1 saturated heterocycles. The number of piperidine rings is 1. The number of hydrogen-bond acceptors (Lipinski definition) is 6. The summed E-state index contributed by atoms with van der Waals surface area (Å²) in [5.74, 6) is 2.26. The monoisotopic (exact) mass is 405 g/mol. The Morgan fingerprint density at radius 3 is 2.96 bits per heavy atom. The van der Waals surface area contributed by atoms with Gasteiger partial charge in [-0.1, -0.05) is 16.8 Å². The number of aryl methyl sites for hydroxylation is 1. The van der Waals surface area contributed by atoms with Crippen LogP contribution in [0.5, 0.6) is 11.5 Å². The molecule has 1 aromatic carbocycles. The molecule has 0 spiro atoms. The van der Waals surface area contributed by atoms with Gasteiger partial charge in [-0.15, -0.1) is 0 Å². The zero-order chi connectivity index (χ0) is 20.1. The van der Waals surface area contributed by atoms with E-state index in [0.29, 0.717) is 47.9 Å². The average molecular weight is 406 g/mol. The smallest absolute Gasteiger partial charge is 0.246 e. The topological polar surface area (TPSA) is 77.7 Å². The van der Waals surface area contributed by atoms with Crippen molar-refractivity contribution in [2.45, 2.75) is 32.6 Å². The number of likely N-dealkylation sites (tertiary alicyclic amines) is 1. The Labute approximate surface area is 169 Å². The number of rotatable bonds is 6. The molecule has 1 fully saturated rings. The maximum Gasteiger partial charge on any atom is 0.246 e. The summed E-state index contributed by atoms with van der Waals surface area (Å²) in [6.45, 7) is 5.43. The Balaban J connectivity index is 1.70. The number of benzene rings is 1. The number of amides is 1. The van der Waals surface area contributed by atoms with E-state index in [1.54, 1.807) is 43.2 Å². The third kappa shape index (κ3) is 4.65. The molecule has 2 heterocycles. The molecule has 0 N–H and O–H groups in total. The van der Waals surface area contributed by atoms with E-state index < -0.39 is 0 Å². The van der Waals surface area contributed by atoms with E-state index in [-0.39, 0.29) is 11.8 Å². The molecule has 1 atom stereocenters. The maximum absolute atomic E-state index is 12.6. The van der Waals surface area contributed by atoms with Crippen LogP contribution in [0, 0.1) is 6.92 Å². The molecule has 3 rings (SSSR count). The first-order chi connectivity index (χ1) is 13.5. The van der Waals surface area contributed by atoms with Crippen LogP contribution in [-0.4, -0.2) is 47.8 Å². The fourth-order valence-corrected chi connectivity index (χ4v) is 3.52. The standard InChI is InChI=1S/C20H24ClN3O4/c1-4-27-19-16(21)10-14(11-17(19)26-3)7-8-18(25)24-9-5-6-15(12-24)20-22-13(2)23-28-20/h7-8,10-11,15H,4-6,9,12H2,1-3H3/b8-7+. The number of ether oxygens (including phenoxy) is 2. The van der Waals surface area contributed by atoms with Crippen LogP contribution < -0.4 is 9.47 Å². The molecule has 0 radical (unpaired) electrons. The van der Waals surface area contributed by atoms with Crippen molar-refractivity contribution in [2.75, 3.05) is 26.8 Å². The minimum atomic E-state index is -0.0649. The van der Waals surface area contributed by atoms with Crippen LogP contribution in [-0.2, 0) is 4.79 Å². The van der Waals surface area contributed by atoms with Gasteiger partial charge in [0.2, 0.25) is 11.8 Å². The fraction of sp³-hybridized carbons (Fsp3) is 0.450. The van der Waals surface area contributed by atoms with Gasteiger partial charge in [0.05, 0.1) is 24.7 Å². The van der Waals surface area contributed by atoms with Gasteiger partial charge in [0, 0.05) is 19.2 Å². The van der Waals surface area contributed by atoms with Crippen molar-refractivity contribution in [3.8, 4) is 11.5 Å². The summed E-state index contributed by atoms with van der Waals surface area (Å²) in [6.07, 6.45) is 5.11. The van der Waals surface area contributed by atoms with Gasteiger partial charge < -0.3 is 18.9 Å². The van der Waals surface area contributed by atoms with Crippen LogP contribution in [0.2, 0.25) is 5.02 Å². The molecule has 1 aliphatic rings. The first-order valence-electron chi connectivity index (χ1n) is 9.29. The van der Waals surface area contributed by atoms with E-state index in [1.165, 1.54) is 0 Å². The predicted octanol–water partition coefficient (Wildman–Crippen LogP) is 3.86. The number of methoxy groups -OCH3 is 1. The Morgan fingerprint density at radius 2 is 2.29 bits per heavy atom. The second-order valence-electron chi connectivity index (χ2n) is 6.60. The average Bonchev–Trinajstić information content (AvgIpc) is 3.14. The fourth-order valence-electron chi connectivity index (χ4n) is 3.25. The molecule has 1 amide bonds. The minimum absolute atomic E-state index is 0.0649. The number of nitrogens with zero attached hydrogens (tertiary/aromatic N) is 3. The number of carbonyl (C=O) groups is 1. The Bertz CT molecular complexity index is 865. The molecule has 8 heteroatoms. The molecule has 7 nitrogen and oxygen atoms in total. The molecule has 0 bridgehead atoms. The van der Waals surface area contributed by atoms with E-state index in [0.717, 1.165) is 18.4 Å². The van der Waals surface area contributed by atoms with Gasteiger partial charge in [-0.05, 0) is 50.5 Å². The number of carbonyl (C=O) groups excluding carboxylic acids is 1. The first-order valence-corrected chi connectivity index (χ1v) is 9.67. The second-order valence-corrected chi connectivity index (χ2v) is 7.01. The third-order valence-electron chi connectivity index (χ3n) is 4.58. The number of aromatic nitrogens is 2. The van der Waals surface area contributed by atoms with Crippen LogP contribution in [0.15, 0.2) is 22.7 Å². The van der Waals surface area contributed by atoms with Crippen molar-refractivity contribution >= 4 is 23.6 Å². The van der Waals surface area contributed by atoms with E-state index in [4.69, 9.17) is 25.6 Å². The molecular formula is C20H24ClN3O4. The minimum Gasteiger partial charge on any atom is -0.493 e. The zero-order valence-corrected chi connectivity index (χ0v) is 17.0. The molecule has 150 valence electrons. The number of halogens is 1. The van der Waals surface area contributed by atoms with Gasteiger partial charge in [0.1, 0.15) is 0 Å². The lowest BCUT2D eigenvalue weighted by molar-refractivity contribution is -0.127. The predicted molar refractivity (Wildman–Crippen MR) is 106 cm³/mol. The number of hydrogen-bond donors (Lipinski definition) is 0. The van der Waals surface area contributed by atoms with Crippen LogP contribution in [0.1, 0.15) is 43.0 Å². The van der Waals surface area contributed by atoms with Crippen molar-refractivity contribution in [1.29, 1.82) is 0 Å². The van der Waals surface area contributed by atoms with E-state index in [9.17, 15) is 4.79 Å². The van der Waals surface area contributed by atoms with Gasteiger partial charge >= 0.3 is 0 Å². The van der Waals surface area contributed by atoms with Crippen LogP contribution in [0.25, 0.3) is 6.08 Å². The molecule has 1 unspecified atom stereocenters. The van der Waals surface area contributed by atoms with Crippen molar-refractivity contribution in [3.05, 3.63) is 40.5 Å². The van der Waals surface area contributed by atoms with Crippen LogP contribution in [0.4, 0.5) is 0 Å². The second kappa shape index (κ2) is 9.10. The largest absolute Gasteiger partial charge is 0.493 e. The van der Waals surface area contributed by atoms with Crippen molar-refractivity contribution in [1.82, 2.24) is 15.0 Å². The van der Waals surface area contributed by atoms with Gasteiger partial charge in [-0.2, -0.15) is 4.98 Å². The van der Waals surface area contributed by atoms with Gasteiger partial charge in [-0.3, -0.25) is 4.79 Å². The van der Waals surface area contributed by atoms with E-state index >= 15 is 0 Å². The van der Waals surface area contributed by atoms with E-state index in [1.807, 2.05) is 6.92 Å². The Hall–Kier alpha value is -2.54. The lowest BCUT2D eigenvalue weighted by Crippen LogP contribution is -2.38. The highest BCUT2D eigenvalue weighted by atomic mass is 35.5. The highest BCUT2D eigenvalue weighted by Crippen LogP contribution is 2.36. The van der Waals surface area contributed by atoms with E-state index in [2.05, 4.69) is 10.1 Å². The lowest BCUT2D eigenvalue weighted by Gasteiger charge is -2.30. The summed E-state index contributed by atoms with van der Waals surface area (Å²) in [6, 6.07) is 3.54. The summed E-state index contributed by atoms with van der Waals surface area (Å²) in [5.41, 5.74) is 0.764. The molecule has 0 saturated carbocycles. The van der Waals surface area contributed by atoms with Crippen molar-refractivity contribution in [2.24, 2.45) is 0 Å². The van der Waals surface area contributed by atoms with Gasteiger partial charge in [-0.25, -0.2) is 0 Å². The molecule has 2 aromatic rings. The molecule has 1 aromatic heterocycles. The molecule has 28 heavy (non-hydrogen) atoms. The Morgan fingerprint density at radius 1 is 1.46 bits per heavy atom. The van der Waals surface area contributed by atoms with Crippen molar-refractivity contribution in [3.63, 3.8) is 0 Å².